The van der Waals surface area contributed by atoms with Crippen molar-refractivity contribution >= 4 is 29.9 Å². The molecule has 3 N–H and O–H groups in total. The average molecular weight is 463 g/mol. The summed E-state index contributed by atoms with van der Waals surface area (Å²) in [6, 6.07) is 5.87. The van der Waals surface area contributed by atoms with Crippen LogP contribution in [0.2, 0.25) is 0 Å². The molecule has 0 saturated heterocycles. The SMILES string of the molecule is CCNC(=NCC(O)c1cc(OC)ccc1OC)NC1CCCC1.I. The van der Waals surface area contributed by atoms with Crippen LogP contribution in [0.3, 0.4) is 0 Å². The van der Waals surface area contributed by atoms with E-state index in [1.165, 1.54) is 25.7 Å². The monoisotopic (exact) mass is 463 g/mol. The molecule has 0 bridgehead atoms. The molecule has 1 aromatic rings. The Kier molecular flexibility index (Phi) is 9.96. The Balaban J connectivity index is 0.00000312. The summed E-state index contributed by atoms with van der Waals surface area (Å²) >= 11 is 0. The van der Waals surface area contributed by atoms with E-state index in [0.717, 1.165) is 12.5 Å². The lowest BCUT2D eigenvalue weighted by Crippen LogP contribution is -2.42. The van der Waals surface area contributed by atoms with Gasteiger partial charge in [0.05, 0.1) is 20.8 Å². The molecule has 1 aromatic carbocycles. The lowest BCUT2D eigenvalue weighted by molar-refractivity contribution is 0.182. The van der Waals surface area contributed by atoms with E-state index in [-0.39, 0.29) is 30.5 Å². The van der Waals surface area contributed by atoms with Crippen molar-refractivity contribution < 1.29 is 14.6 Å². The number of hydrogen-bond donors (Lipinski definition) is 3. The van der Waals surface area contributed by atoms with Gasteiger partial charge in [0.15, 0.2) is 5.96 Å². The molecular weight excluding hydrogens is 433 g/mol. The van der Waals surface area contributed by atoms with Gasteiger partial charge >= 0.3 is 0 Å². The van der Waals surface area contributed by atoms with Crippen LogP contribution in [0, 0.1) is 0 Å². The van der Waals surface area contributed by atoms with Crippen LogP contribution in [-0.2, 0) is 0 Å². The van der Waals surface area contributed by atoms with Crippen molar-refractivity contribution in [1.29, 1.82) is 0 Å². The Morgan fingerprint density at radius 1 is 1.28 bits per heavy atom. The van der Waals surface area contributed by atoms with Crippen LogP contribution in [0.4, 0.5) is 0 Å². The number of ether oxygens (including phenoxy) is 2. The highest BCUT2D eigenvalue weighted by Gasteiger charge is 2.17. The molecule has 0 heterocycles. The quantitative estimate of drug-likeness (QED) is 0.330. The number of aliphatic hydroxyl groups excluding tert-OH is 1. The Labute approximate surface area is 167 Å². The van der Waals surface area contributed by atoms with Crippen LogP contribution >= 0.6 is 24.0 Å². The fraction of sp³-hybridized carbons (Fsp3) is 0.611. The van der Waals surface area contributed by atoms with Crippen molar-refractivity contribution in [2.75, 3.05) is 27.3 Å². The zero-order valence-electron chi connectivity index (χ0n) is 15.2. The molecule has 25 heavy (non-hydrogen) atoms. The molecule has 2 rings (SSSR count). The molecule has 6 nitrogen and oxygen atoms in total. The van der Waals surface area contributed by atoms with Gasteiger partial charge in [-0.3, -0.25) is 4.99 Å². The third-order valence-corrected chi connectivity index (χ3v) is 4.26. The van der Waals surface area contributed by atoms with Crippen LogP contribution in [0.5, 0.6) is 11.5 Å². The zero-order valence-corrected chi connectivity index (χ0v) is 17.6. The Hall–Kier alpha value is -1.22. The molecule has 1 saturated carbocycles. The van der Waals surface area contributed by atoms with Gasteiger partial charge in [0.2, 0.25) is 0 Å². The minimum Gasteiger partial charge on any atom is -0.497 e. The molecule has 0 amide bonds. The van der Waals surface area contributed by atoms with Crippen molar-refractivity contribution in [3.05, 3.63) is 23.8 Å². The lowest BCUT2D eigenvalue weighted by Gasteiger charge is -2.18. The summed E-state index contributed by atoms with van der Waals surface area (Å²) in [4.78, 5) is 4.53. The van der Waals surface area contributed by atoms with Gasteiger partial charge in [-0.1, -0.05) is 12.8 Å². The third-order valence-electron chi connectivity index (χ3n) is 4.26. The maximum absolute atomic E-state index is 10.5. The first kappa shape index (κ1) is 21.8. The van der Waals surface area contributed by atoms with E-state index in [9.17, 15) is 5.11 Å². The van der Waals surface area contributed by atoms with Gasteiger partial charge in [-0.2, -0.15) is 0 Å². The minimum absolute atomic E-state index is 0. The molecule has 0 spiro atoms. The van der Waals surface area contributed by atoms with Gasteiger partial charge < -0.3 is 25.2 Å². The first-order valence-corrected chi connectivity index (χ1v) is 8.62. The summed E-state index contributed by atoms with van der Waals surface area (Å²) in [5.74, 6) is 2.07. The van der Waals surface area contributed by atoms with E-state index >= 15 is 0 Å². The van der Waals surface area contributed by atoms with E-state index < -0.39 is 6.10 Å². The van der Waals surface area contributed by atoms with Gasteiger partial charge in [-0.05, 0) is 38.0 Å². The fourth-order valence-electron chi connectivity index (χ4n) is 2.96. The topological polar surface area (TPSA) is 75.1 Å². The van der Waals surface area contributed by atoms with Gasteiger partial charge in [0, 0.05) is 18.2 Å². The molecule has 1 aliphatic rings. The molecule has 142 valence electrons. The molecule has 1 aliphatic carbocycles. The summed E-state index contributed by atoms with van der Waals surface area (Å²) in [6.07, 6.45) is 4.13. The van der Waals surface area contributed by atoms with Crippen LogP contribution in [0.25, 0.3) is 0 Å². The van der Waals surface area contributed by atoms with Crippen molar-refractivity contribution in [2.24, 2.45) is 4.99 Å². The molecule has 0 aliphatic heterocycles. The third kappa shape index (κ3) is 6.54. The standard InChI is InChI=1S/C18H29N3O3.HI/c1-4-19-18(21-13-7-5-6-8-13)20-12-16(22)15-11-14(23-2)9-10-17(15)24-3;/h9-11,13,16,22H,4-8,12H2,1-3H3,(H2,19,20,21);1H. The fourth-order valence-corrected chi connectivity index (χ4v) is 2.96. The van der Waals surface area contributed by atoms with Crippen LogP contribution in [0.1, 0.15) is 44.3 Å². The number of nitrogens with zero attached hydrogens (tertiary/aromatic N) is 1. The lowest BCUT2D eigenvalue weighted by atomic mass is 10.1. The van der Waals surface area contributed by atoms with Gasteiger partial charge in [0.25, 0.3) is 0 Å². The van der Waals surface area contributed by atoms with Gasteiger partial charge in [-0.25, -0.2) is 0 Å². The number of rotatable bonds is 7. The minimum atomic E-state index is -0.755. The summed E-state index contributed by atoms with van der Waals surface area (Å²) in [5, 5.41) is 17.2. The predicted molar refractivity (Wildman–Crippen MR) is 111 cm³/mol. The first-order valence-electron chi connectivity index (χ1n) is 8.62. The van der Waals surface area contributed by atoms with E-state index in [1.54, 1.807) is 26.4 Å². The largest absolute Gasteiger partial charge is 0.497 e. The second-order valence-corrected chi connectivity index (χ2v) is 5.97. The first-order chi connectivity index (χ1) is 11.7. The van der Waals surface area contributed by atoms with Crippen LogP contribution in [0.15, 0.2) is 23.2 Å². The Bertz CT molecular complexity index is 548. The molecule has 1 atom stereocenters. The second-order valence-electron chi connectivity index (χ2n) is 5.97. The number of guanidine groups is 1. The molecular formula is C18H30IN3O3. The number of hydrogen-bond acceptors (Lipinski definition) is 4. The van der Waals surface area contributed by atoms with E-state index in [2.05, 4.69) is 15.6 Å². The maximum Gasteiger partial charge on any atom is 0.191 e. The second kappa shape index (κ2) is 11.4. The summed E-state index contributed by atoms with van der Waals surface area (Å²) in [5.41, 5.74) is 0.678. The van der Waals surface area contributed by atoms with E-state index in [0.29, 0.717) is 23.1 Å². The van der Waals surface area contributed by atoms with Crippen molar-refractivity contribution in [3.63, 3.8) is 0 Å². The highest BCUT2D eigenvalue weighted by atomic mass is 127. The van der Waals surface area contributed by atoms with Crippen molar-refractivity contribution in [2.45, 2.75) is 44.8 Å². The van der Waals surface area contributed by atoms with E-state index in [1.807, 2.05) is 13.0 Å². The number of benzene rings is 1. The number of nitrogens with one attached hydrogen (secondary N) is 2. The molecule has 1 fully saturated rings. The average Bonchev–Trinajstić information content (AvgIpc) is 3.12. The Morgan fingerprint density at radius 2 is 2.00 bits per heavy atom. The normalized spacial score (nSPS) is 16.1. The molecule has 7 heteroatoms. The van der Waals surface area contributed by atoms with E-state index in [4.69, 9.17) is 9.47 Å². The summed E-state index contributed by atoms with van der Waals surface area (Å²) in [6.45, 7) is 3.08. The number of methoxy groups -OCH3 is 2. The smallest absolute Gasteiger partial charge is 0.191 e. The van der Waals surface area contributed by atoms with Gasteiger partial charge in [0.1, 0.15) is 17.6 Å². The van der Waals surface area contributed by atoms with Crippen molar-refractivity contribution in [3.8, 4) is 11.5 Å². The number of aliphatic imine (C=N–C) groups is 1. The maximum atomic E-state index is 10.5. The molecule has 0 aromatic heterocycles. The predicted octanol–water partition coefficient (Wildman–Crippen LogP) is 2.85. The zero-order chi connectivity index (χ0) is 17.4. The molecule has 1 unspecified atom stereocenters. The summed E-state index contributed by atoms with van der Waals surface area (Å²) in [7, 11) is 3.19. The van der Waals surface area contributed by atoms with Crippen LogP contribution in [-0.4, -0.2) is 44.4 Å². The summed E-state index contributed by atoms with van der Waals surface area (Å²) < 4.78 is 10.6. The number of halogens is 1. The van der Waals surface area contributed by atoms with Crippen LogP contribution < -0.4 is 20.1 Å². The highest BCUT2D eigenvalue weighted by Crippen LogP contribution is 2.29. The highest BCUT2D eigenvalue weighted by molar-refractivity contribution is 14.0. The van der Waals surface area contributed by atoms with Gasteiger partial charge in [-0.15, -0.1) is 24.0 Å². The number of aliphatic hydroxyl groups is 1. The molecule has 0 radical (unpaired) electrons. The Morgan fingerprint density at radius 3 is 2.60 bits per heavy atom. The van der Waals surface area contributed by atoms with Crippen molar-refractivity contribution in [1.82, 2.24) is 10.6 Å².